The van der Waals surface area contributed by atoms with Crippen LogP contribution in [0.4, 0.5) is 24.5 Å². The van der Waals surface area contributed by atoms with E-state index in [-0.39, 0.29) is 13.2 Å². The Bertz CT molecular complexity index is 1030. The molecule has 190 valence electrons. The number of carbonyl (C=O) groups is 1. The van der Waals surface area contributed by atoms with Crippen molar-refractivity contribution in [1.29, 1.82) is 0 Å². The van der Waals surface area contributed by atoms with Crippen molar-refractivity contribution in [3.63, 3.8) is 0 Å². The Morgan fingerprint density at radius 2 is 1.71 bits per heavy atom. The predicted molar refractivity (Wildman–Crippen MR) is 129 cm³/mol. The lowest BCUT2D eigenvalue weighted by molar-refractivity contribution is -0.154. The Kier molecular flexibility index (Phi) is 8.26. The third-order valence-electron chi connectivity index (χ3n) is 6.26. The molecule has 2 heterocycles. The van der Waals surface area contributed by atoms with Crippen LogP contribution in [0, 0.1) is 0 Å². The van der Waals surface area contributed by atoms with Crippen LogP contribution in [-0.4, -0.2) is 79.4 Å². The standard InChI is InChI=1S/C25H30F3N3O3S/c1-2-34-24(33)21(32)17-30-14-12-29(13-15-30)10-5-11-31-19-6-3-4-7-22(19)35-23-9-8-18(16-20(23)31)25(26,27)28/h3-4,6-9,16,21,32H,2,5,10-15,17H2,1H3. The maximum Gasteiger partial charge on any atom is 0.416 e. The molecule has 1 N–H and O–H groups in total. The zero-order chi connectivity index (χ0) is 25.0. The fourth-order valence-electron chi connectivity index (χ4n) is 4.45. The molecular formula is C25H30F3N3O3S. The molecular weight excluding hydrogens is 479 g/mol. The van der Waals surface area contributed by atoms with E-state index in [2.05, 4.69) is 4.90 Å². The van der Waals surface area contributed by atoms with Gasteiger partial charge >= 0.3 is 12.1 Å². The Balaban J connectivity index is 1.35. The van der Waals surface area contributed by atoms with Gasteiger partial charge in [0.2, 0.25) is 0 Å². The van der Waals surface area contributed by atoms with E-state index in [1.165, 1.54) is 17.8 Å². The Morgan fingerprint density at radius 3 is 2.43 bits per heavy atom. The number of nitrogens with zero attached hydrogens (tertiary/aromatic N) is 3. The summed E-state index contributed by atoms with van der Waals surface area (Å²) in [6.07, 6.45) is -4.73. The number of esters is 1. The molecule has 2 aliphatic rings. The van der Waals surface area contributed by atoms with Gasteiger partial charge in [0.25, 0.3) is 0 Å². The Morgan fingerprint density at radius 1 is 1.03 bits per heavy atom. The summed E-state index contributed by atoms with van der Waals surface area (Å²) in [6, 6.07) is 11.8. The molecule has 1 atom stereocenters. The number of para-hydroxylation sites is 1. The molecule has 0 amide bonds. The minimum absolute atomic E-state index is 0.242. The zero-order valence-corrected chi connectivity index (χ0v) is 20.4. The molecule has 1 unspecified atom stereocenters. The highest BCUT2D eigenvalue weighted by Gasteiger charge is 2.33. The number of aliphatic hydroxyl groups excluding tert-OH is 1. The largest absolute Gasteiger partial charge is 0.464 e. The fourth-order valence-corrected chi connectivity index (χ4v) is 5.53. The third-order valence-corrected chi connectivity index (χ3v) is 7.39. The lowest BCUT2D eigenvalue weighted by atomic mass is 10.1. The quantitative estimate of drug-likeness (QED) is 0.535. The molecule has 2 aromatic carbocycles. The van der Waals surface area contributed by atoms with Crippen LogP contribution in [0.25, 0.3) is 0 Å². The summed E-state index contributed by atoms with van der Waals surface area (Å²) >= 11 is 1.50. The second-order valence-corrected chi connectivity index (χ2v) is 9.75. The summed E-state index contributed by atoms with van der Waals surface area (Å²) in [7, 11) is 0. The highest BCUT2D eigenvalue weighted by molar-refractivity contribution is 7.99. The highest BCUT2D eigenvalue weighted by atomic mass is 32.2. The number of ether oxygens (including phenoxy) is 1. The van der Waals surface area contributed by atoms with Crippen LogP contribution in [0.5, 0.6) is 0 Å². The monoisotopic (exact) mass is 509 g/mol. The molecule has 0 bridgehead atoms. The number of piperazine rings is 1. The first-order valence-electron chi connectivity index (χ1n) is 11.8. The average Bonchev–Trinajstić information content (AvgIpc) is 2.84. The van der Waals surface area contributed by atoms with E-state index in [0.717, 1.165) is 60.7 Å². The van der Waals surface area contributed by atoms with E-state index >= 15 is 0 Å². The molecule has 2 aliphatic heterocycles. The van der Waals surface area contributed by atoms with E-state index in [1.807, 2.05) is 34.1 Å². The number of fused-ring (bicyclic) bond motifs is 2. The summed E-state index contributed by atoms with van der Waals surface area (Å²) in [5.41, 5.74) is 0.894. The Hall–Kier alpha value is -2.27. The Labute approximate surface area is 207 Å². The first-order chi connectivity index (χ1) is 16.8. The summed E-state index contributed by atoms with van der Waals surface area (Å²) in [4.78, 5) is 19.9. The number of aliphatic hydroxyl groups is 1. The van der Waals surface area contributed by atoms with Crippen LogP contribution < -0.4 is 4.90 Å². The van der Waals surface area contributed by atoms with Crippen LogP contribution in [0.2, 0.25) is 0 Å². The van der Waals surface area contributed by atoms with Gasteiger partial charge in [-0.3, -0.25) is 4.90 Å². The number of alkyl halides is 3. The molecule has 1 fully saturated rings. The third kappa shape index (κ3) is 6.30. The van der Waals surface area contributed by atoms with Crippen LogP contribution in [0.15, 0.2) is 52.3 Å². The highest BCUT2D eigenvalue weighted by Crippen LogP contribution is 2.49. The van der Waals surface area contributed by atoms with Crippen molar-refractivity contribution in [3.05, 3.63) is 48.0 Å². The minimum atomic E-state index is -4.39. The molecule has 0 aliphatic carbocycles. The van der Waals surface area contributed by atoms with E-state index < -0.39 is 23.8 Å². The summed E-state index contributed by atoms with van der Waals surface area (Å²) in [6.45, 7) is 6.70. The van der Waals surface area contributed by atoms with Crippen molar-refractivity contribution in [2.75, 3.05) is 57.3 Å². The SMILES string of the molecule is CCOC(=O)C(O)CN1CCN(CCCN2c3ccccc3Sc3ccc(C(F)(F)F)cc32)CC1. The fraction of sp³-hybridized carbons (Fsp3) is 0.480. The molecule has 0 aromatic heterocycles. The predicted octanol–water partition coefficient (Wildman–Crippen LogP) is 4.24. The van der Waals surface area contributed by atoms with Crippen molar-refractivity contribution in [2.24, 2.45) is 0 Å². The van der Waals surface area contributed by atoms with E-state index in [4.69, 9.17) is 4.74 Å². The first-order valence-corrected chi connectivity index (χ1v) is 12.6. The normalized spacial score (nSPS) is 17.6. The molecule has 0 spiro atoms. The van der Waals surface area contributed by atoms with Crippen molar-refractivity contribution in [1.82, 2.24) is 9.80 Å². The average molecular weight is 510 g/mol. The number of halogens is 3. The molecule has 1 saturated heterocycles. The molecule has 4 rings (SSSR count). The van der Waals surface area contributed by atoms with E-state index in [1.54, 1.807) is 13.0 Å². The molecule has 2 aromatic rings. The summed E-state index contributed by atoms with van der Waals surface area (Å²) in [5.74, 6) is -0.594. The van der Waals surface area contributed by atoms with Crippen LogP contribution in [-0.2, 0) is 15.7 Å². The van der Waals surface area contributed by atoms with Gasteiger partial charge in [-0.05, 0) is 50.2 Å². The second kappa shape index (κ2) is 11.2. The number of rotatable bonds is 8. The van der Waals surface area contributed by atoms with Gasteiger partial charge in [-0.1, -0.05) is 23.9 Å². The number of β-amino-alcohol motifs (C(OH)–C–C–N with tert-alkyl or cyclic N) is 1. The molecule has 0 saturated carbocycles. The number of carbonyl (C=O) groups excluding carboxylic acids is 1. The van der Waals surface area contributed by atoms with Gasteiger partial charge in [0.05, 0.1) is 23.5 Å². The molecule has 10 heteroatoms. The van der Waals surface area contributed by atoms with Gasteiger partial charge in [0.15, 0.2) is 6.10 Å². The lowest BCUT2D eigenvalue weighted by Gasteiger charge is -2.36. The van der Waals surface area contributed by atoms with Gasteiger partial charge < -0.3 is 19.6 Å². The maximum absolute atomic E-state index is 13.4. The molecule has 0 radical (unpaired) electrons. The van der Waals surface area contributed by atoms with E-state index in [9.17, 15) is 23.1 Å². The summed E-state index contributed by atoms with van der Waals surface area (Å²) in [5, 5.41) is 9.98. The van der Waals surface area contributed by atoms with Gasteiger partial charge in [0.1, 0.15) is 0 Å². The zero-order valence-electron chi connectivity index (χ0n) is 19.6. The maximum atomic E-state index is 13.4. The van der Waals surface area contributed by atoms with Crippen molar-refractivity contribution < 1.29 is 27.8 Å². The first kappa shape index (κ1) is 25.8. The van der Waals surface area contributed by atoms with Gasteiger partial charge in [-0.2, -0.15) is 13.2 Å². The lowest BCUT2D eigenvalue weighted by Crippen LogP contribution is -2.50. The second-order valence-electron chi connectivity index (χ2n) is 8.67. The number of hydrogen-bond acceptors (Lipinski definition) is 7. The van der Waals surface area contributed by atoms with Crippen molar-refractivity contribution in [2.45, 2.75) is 35.4 Å². The topological polar surface area (TPSA) is 56.3 Å². The summed E-state index contributed by atoms with van der Waals surface area (Å²) < 4.78 is 45.0. The van der Waals surface area contributed by atoms with Crippen molar-refractivity contribution >= 4 is 29.1 Å². The van der Waals surface area contributed by atoms with E-state index in [0.29, 0.717) is 12.2 Å². The molecule has 6 nitrogen and oxygen atoms in total. The van der Waals surface area contributed by atoms with Crippen LogP contribution >= 0.6 is 11.8 Å². The van der Waals surface area contributed by atoms with Crippen LogP contribution in [0.1, 0.15) is 18.9 Å². The number of hydrogen-bond donors (Lipinski definition) is 1. The number of benzene rings is 2. The van der Waals surface area contributed by atoms with Gasteiger partial charge in [-0.25, -0.2) is 4.79 Å². The minimum Gasteiger partial charge on any atom is -0.464 e. The van der Waals surface area contributed by atoms with Gasteiger partial charge in [0, 0.05) is 49.1 Å². The molecule has 35 heavy (non-hydrogen) atoms. The van der Waals surface area contributed by atoms with Gasteiger partial charge in [-0.15, -0.1) is 0 Å². The van der Waals surface area contributed by atoms with Crippen LogP contribution in [0.3, 0.4) is 0 Å². The number of anilines is 2. The van der Waals surface area contributed by atoms with Crippen molar-refractivity contribution in [3.8, 4) is 0 Å². The smallest absolute Gasteiger partial charge is 0.416 e.